The number of aliphatic hydroxyl groups is 4. The average molecular weight is 750 g/mol. The van der Waals surface area contributed by atoms with Crippen molar-refractivity contribution in [2.24, 2.45) is 0 Å². The zero-order chi connectivity index (χ0) is 37.9. The minimum absolute atomic E-state index is 0.0444. The van der Waals surface area contributed by atoms with Gasteiger partial charge in [-0.1, -0.05) is 0 Å². The van der Waals surface area contributed by atoms with Gasteiger partial charge in [-0.3, -0.25) is 23.7 Å². The van der Waals surface area contributed by atoms with Crippen molar-refractivity contribution in [3.8, 4) is 11.5 Å². The number of nitrogens with one attached hydrogen (secondary N) is 2. The molecule has 3 rings (SSSR count). The molecular weight excluding hydrogens is 710 g/mol. The third-order valence-corrected chi connectivity index (χ3v) is 7.94. The molecule has 0 radical (unpaired) electrons. The molecule has 0 saturated carbocycles. The molecule has 7 atom stereocenters. The summed E-state index contributed by atoms with van der Waals surface area (Å²) in [5.41, 5.74) is 0.245. The summed E-state index contributed by atoms with van der Waals surface area (Å²) in [6.07, 6.45) is -8.70. The van der Waals surface area contributed by atoms with Gasteiger partial charge in [-0.15, -0.1) is 0 Å². The molecule has 8 N–H and O–H groups in total. The lowest BCUT2D eigenvalue weighted by molar-refractivity contribution is -0.271. The van der Waals surface area contributed by atoms with Gasteiger partial charge in [0.05, 0.1) is 13.2 Å². The molecule has 0 aromatic heterocycles. The van der Waals surface area contributed by atoms with E-state index in [0.717, 1.165) is 17.9 Å². The first-order valence-electron chi connectivity index (χ1n) is 15.2. The lowest BCUT2D eigenvalue weighted by atomic mass is 9.99. The van der Waals surface area contributed by atoms with E-state index < -0.39 is 88.5 Å². The number of carboxylic acid groups (broad SMARTS) is 1. The molecule has 0 aliphatic carbocycles. The van der Waals surface area contributed by atoms with E-state index in [4.69, 9.17) is 23.7 Å². The summed E-state index contributed by atoms with van der Waals surface area (Å²) in [5, 5.41) is 53.9. The van der Waals surface area contributed by atoms with Gasteiger partial charge in [0.15, 0.2) is 6.10 Å². The molecule has 0 spiro atoms. The highest BCUT2D eigenvalue weighted by Crippen LogP contribution is 2.30. The number of carbonyl (C=O) groups excluding carboxylic acids is 4. The summed E-state index contributed by atoms with van der Waals surface area (Å²) in [4.78, 5) is 60.3. The Morgan fingerprint density at radius 2 is 1.76 bits per heavy atom. The predicted molar refractivity (Wildman–Crippen MR) is 166 cm³/mol. The van der Waals surface area contributed by atoms with E-state index in [1.54, 1.807) is 0 Å². The first-order valence-corrected chi connectivity index (χ1v) is 16.8. The van der Waals surface area contributed by atoms with Crippen molar-refractivity contribution < 1.29 is 86.2 Å². The predicted octanol–water partition coefficient (Wildman–Crippen LogP) is -3.99. The lowest BCUT2D eigenvalue weighted by Crippen LogP contribution is -2.61. The molecule has 51 heavy (non-hydrogen) atoms. The van der Waals surface area contributed by atoms with Crippen LogP contribution in [-0.2, 0) is 54.9 Å². The number of carbonyl (C=O) groups is 5. The average Bonchev–Trinajstić information content (AvgIpc) is 3.37. The van der Waals surface area contributed by atoms with Crippen molar-refractivity contribution in [3.63, 3.8) is 0 Å². The summed E-state index contributed by atoms with van der Waals surface area (Å²) in [5.74, 6) is -5.61. The summed E-state index contributed by atoms with van der Waals surface area (Å²) >= 11 is 0. The second kappa shape index (κ2) is 18.7. The van der Waals surface area contributed by atoms with Crippen LogP contribution < -0.4 is 20.1 Å². The second-order valence-corrected chi connectivity index (χ2v) is 12.6. The fourth-order valence-corrected chi connectivity index (χ4v) is 5.28. The van der Waals surface area contributed by atoms with Gasteiger partial charge in [0, 0.05) is 44.1 Å². The SMILES string of the molecule is CC(=O)OCc1ccc(OCCOCCNC(=O)[C@@H](CS(=O)(=O)O)NC(=O)CCN2C(=O)C=CC2O)cc1O[C@@H]1O[C@H](C(=O)O)[C@@H](O)[C@H](O)[C@H]1O. The van der Waals surface area contributed by atoms with Crippen molar-refractivity contribution in [1.29, 1.82) is 0 Å². The summed E-state index contributed by atoms with van der Waals surface area (Å²) in [7, 11) is -4.70. The van der Waals surface area contributed by atoms with Crippen LogP contribution in [0.25, 0.3) is 0 Å². The van der Waals surface area contributed by atoms with Gasteiger partial charge in [0.1, 0.15) is 61.0 Å². The summed E-state index contributed by atoms with van der Waals surface area (Å²) < 4.78 is 58.8. The van der Waals surface area contributed by atoms with Crippen LogP contribution >= 0.6 is 0 Å². The van der Waals surface area contributed by atoms with Crippen LogP contribution in [0.15, 0.2) is 30.4 Å². The zero-order valence-electron chi connectivity index (χ0n) is 27.0. The largest absolute Gasteiger partial charge is 0.491 e. The van der Waals surface area contributed by atoms with E-state index in [1.807, 2.05) is 0 Å². The molecule has 0 bridgehead atoms. The van der Waals surface area contributed by atoms with E-state index in [9.17, 15) is 62.5 Å². The van der Waals surface area contributed by atoms with Gasteiger partial charge < -0.3 is 64.8 Å². The van der Waals surface area contributed by atoms with Crippen LogP contribution in [0.2, 0.25) is 0 Å². The van der Waals surface area contributed by atoms with Crippen molar-refractivity contribution in [2.45, 2.75) is 62.9 Å². The van der Waals surface area contributed by atoms with Gasteiger partial charge >= 0.3 is 11.9 Å². The molecule has 1 fully saturated rings. The standard InChI is InChI=1S/C29H39N3O18S/c1-15(33)48-13-16-2-3-17(12-19(16)49-29-25(39)23(37)24(38)26(50-29)28(41)42)47-11-10-46-9-7-30-27(40)18(14-51(43,44)45)31-20(34)6-8-32-21(35)4-5-22(32)36/h2-5,12,18,21,23-26,29,35,37-39H,6-11,13-14H2,1H3,(H,30,40)(H,31,34)(H,41,42)(H,43,44,45)/t18-,21?,23+,24+,25-,26+,29-/m1/s1. The van der Waals surface area contributed by atoms with Crippen molar-refractivity contribution >= 4 is 39.8 Å². The molecule has 22 heteroatoms. The number of esters is 1. The molecule has 2 aliphatic heterocycles. The molecule has 284 valence electrons. The van der Waals surface area contributed by atoms with Crippen molar-refractivity contribution in [3.05, 3.63) is 35.9 Å². The van der Waals surface area contributed by atoms with Gasteiger partial charge in [-0.05, 0) is 18.2 Å². The van der Waals surface area contributed by atoms with Crippen LogP contribution in [0, 0.1) is 0 Å². The summed E-state index contributed by atoms with van der Waals surface area (Å²) in [6, 6.07) is 2.52. The fraction of sp³-hybridized carbons (Fsp3) is 0.552. The Morgan fingerprint density at radius 1 is 1.04 bits per heavy atom. The number of amides is 3. The minimum Gasteiger partial charge on any atom is -0.491 e. The molecule has 1 unspecified atom stereocenters. The van der Waals surface area contributed by atoms with E-state index in [-0.39, 0.29) is 63.0 Å². The van der Waals surface area contributed by atoms with Gasteiger partial charge in [0.2, 0.25) is 24.0 Å². The smallest absolute Gasteiger partial charge is 0.335 e. The lowest BCUT2D eigenvalue weighted by Gasteiger charge is -2.38. The van der Waals surface area contributed by atoms with Gasteiger partial charge in [0.25, 0.3) is 10.1 Å². The van der Waals surface area contributed by atoms with Crippen LogP contribution in [-0.4, -0.2) is 155 Å². The second-order valence-electron chi connectivity index (χ2n) is 11.1. The molecule has 21 nitrogen and oxygen atoms in total. The number of nitrogens with zero attached hydrogens (tertiary/aromatic N) is 1. The maximum Gasteiger partial charge on any atom is 0.335 e. The van der Waals surface area contributed by atoms with E-state index >= 15 is 0 Å². The minimum atomic E-state index is -4.70. The van der Waals surface area contributed by atoms with Crippen LogP contribution in [0.4, 0.5) is 0 Å². The zero-order valence-corrected chi connectivity index (χ0v) is 27.8. The van der Waals surface area contributed by atoms with Crippen LogP contribution in [0.1, 0.15) is 18.9 Å². The third kappa shape index (κ3) is 12.7. The number of rotatable bonds is 19. The highest BCUT2D eigenvalue weighted by atomic mass is 32.2. The molecule has 1 saturated heterocycles. The number of ether oxygens (including phenoxy) is 5. The van der Waals surface area contributed by atoms with Gasteiger partial charge in [-0.25, -0.2) is 4.79 Å². The number of hydrogen-bond donors (Lipinski definition) is 8. The Balaban J connectivity index is 1.49. The maximum atomic E-state index is 12.6. The number of carboxylic acids is 1. The Labute approximate surface area is 290 Å². The fourth-order valence-electron chi connectivity index (χ4n) is 4.62. The first-order chi connectivity index (χ1) is 24.0. The number of aliphatic hydroxyl groups excluding tert-OH is 4. The quantitative estimate of drug-likeness (QED) is 0.0380. The number of benzene rings is 1. The third-order valence-electron chi connectivity index (χ3n) is 7.19. The number of aliphatic carboxylic acids is 1. The molecule has 3 amide bonds. The molecular formula is C29H39N3O18S. The molecule has 1 aromatic carbocycles. The van der Waals surface area contributed by atoms with E-state index in [1.165, 1.54) is 24.3 Å². The first kappa shape index (κ1) is 41.0. The van der Waals surface area contributed by atoms with Crippen molar-refractivity contribution in [1.82, 2.24) is 15.5 Å². The normalized spacial score (nSPS) is 23.7. The Morgan fingerprint density at radius 3 is 2.39 bits per heavy atom. The Kier molecular flexibility index (Phi) is 15.0. The maximum absolute atomic E-state index is 12.6. The molecule has 2 aliphatic rings. The van der Waals surface area contributed by atoms with E-state index in [2.05, 4.69) is 10.6 Å². The summed E-state index contributed by atoms with van der Waals surface area (Å²) in [6.45, 7) is 0.272. The van der Waals surface area contributed by atoms with Crippen LogP contribution in [0.3, 0.4) is 0 Å². The Hall–Kier alpha value is -4.42. The number of hydrogen-bond acceptors (Lipinski definition) is 16. The molecule has 2 heterocycles. The van der Waals surface area contributed by atoms with Gasteiger partial charge in [-0.2, -0.15) is 8.42 Å². The molecule has 1 aromatic rings. The van der Waals surface area contributed by atoms with Crippen LogP contribution in [0.5, 0.6) is 11.5 Å². The van der Waals surface area contributed by atoms with Crippen molar-refractivity contribution in [2.75, 3.05) is 38.7 Å². The highest BCUT2D eigenvalue weighted by molar-refractivity contribution is 7.85. The Bertz CT molecular complexity index is 1550. The topological polar surface area (TPSA) is 314 Å². The highest BCUT2D eigenvalue weighted by Gasteiger charge is 2.48. The monoisotopic (exact) mass is 749 g/mol. The van der Waals surface area contributed by atoms with E-state index in [0.29, 0.717) is 0 Å².